The Hall–Kier alpha value is -4.83. The summed E-state index contributed by atoms with van der Waals surface area (Å²) in [7, 11) is 1.58. The number of ketones is 1. The van der Waals surface area contributed by atoms with E-state index in [4.69, 9.17) is 9.72 Å². The molecule has 0 unspecified atom stereocenters. The van der Waals surface area contributed by atoms with Crippen molar-refractivity contribution in [3.05, 3.63) is 94.8 Å². The number of thiazole rings is 1. The molecule has 4 aromatic rings. The molecule has 0 spiro atoms. The van der Waals surface area contributed by atoms with Gasteiger partial charge in [0, 0.05) is 16.6 Å². The second-order valence-corrected chi connectivity index (χ2v) is 11.9. The molecule has 1 aliphatic heterocycles. The van der Waals surface area contributed by atoms with E-state index in [0.29, 0.717) is 35.0 Å². The van der Waals surface area contributed by atoms with E-state index in [1.54, 1.807) is 60.5 Å². The maximum Gasteiger partial charge on any atom is 0.299 e. The van der Waals surface area contributed by atoms with E-state index < -0.39 is 23.1 Å². The molecule has 0 atom stereocenters. The number of amides is 3. The van der Waals surface area contributed by atoms with Gasteiger partial charge in [-0.05, 0) is 49.2 Å². The Balaban J connectivity index is 1.36. The van der Waals surface area contributed by atoms with Gasteiger partial charge in [-0.25, -0.2) is 4.98 Å². The van der Waals surface area contributed by atoms with Crippen LogP contribution in [0, 0.1) is 0 Å². The second kappa shape index (κ2) is 12.4. The predicted molar refractivity (Wildman–Crippen MR) is 169 cm³/mol. The highest BCUT2D eigenvalue weighted by Crippen LogP contribution is 2.38. The Morgan fingerprint density at radius 2 is 1.66 bits per heavy atom. The zero-order chi connectivity index (χ0) is 30.7. The van der Waals surface area contributed by atoms with Gasteiger partial charge >= 0.3 is 0 Å². The van der Waals surface area contributed by atoms with Crippen LogP contribution in [0.2, 0.25) is 0 Å². The fourth-order valence-electron chi connectivity index (χ4n) is 6.04. The molecule has 1 saturated carbocycles. The highest BCUT2D eigenvalue weighted by molar-refractivity contribution is 7.09. The summed E-state index contributed by atoms with van der Waals surface area (Å²) in [5.74, 6) is -1.45. The lowest BCUT2D eigenvalue weighted by Gasteiger charge is -2.45. The largest absolute Gasteiger partial charge is 0.497 e. The molecule has 1 aliphatic carbocycles. The number of carbonyl (C=O) groups is 4. The second-order valence-electron chi connectivity index (χ2n) is 11.0. The molecule has 6 rings (SSSR count). The number of Topliss-reactive ketones (excluding diaryl/α,β-unsaturated/α-hetero) is 1. The van der Waals surface area contributed by atoms with Crippen molar-refractivity contribution in [1.82, 2.24) is 9.88 Å². The predicted octanol–water partition coefficient (Wildman–Crippen LogP) is 5.72. The molecule has 0 radical (unpaired) electrons. The van der Waals surface area contributed by atoms with Gasteiger partial charge in [-0.1, -0.05) is 61.7 Å². The van der Waals surface area contributed by atoms with Crippen LogP contribution in [0.1, 0.15) is 47.5 Å². The normalized spacial score (nSPS) is 15.5. The fraction of sp³-hybridized carbons (Fsp3) is 0.265. The van der Waals surface area contributed by atoms with E-state index in [2.05, 4.69) is 5.32 Å². The van der Waals surface area contributed by atoms with Gasteiger partial charge in [0.1, 0.15) is 22.8 Å². The molecular weight excluding hydrogens is 576 g/mol. The van der Waals surface area contributed by atoms with Crippen LogP contribution in [-0.4, -0.2) is 52.6 Å². The van der Waals surface area contributed by atoms with Crippen molar-refractivity contribution in [2.24, 2.45) is 0 Å². The molecule has 0 bridgehead atoms. The third-order valence-electron chi connectivity index (χ3n) is 8.36. The van der Waals surface area contributed by atoms with Crippen LogP contribution in [0.25, 0.3) is 11.3 Å². The summed E-state index contributed by atoms with van der Waals surface area (Å²) in [5.41, 5.74) is 1.82. The third kappa shape index (κ3) is 5.60. The zero-order valence-corrected chi connectivity index (χ0v) is 25.1. The zero-order valence-electron chi connectivity index (χ0n) is 24.3. The van der Waals surface area contributed by atoms with Crippen molar-refractivity contribution in [3.63, 3.8) is 0 Å². The van der Waals surface area contributed by atoms with Gasteiger partial charge in [0.15, 0.2) is 0 Å². The molecule has 224 valence electrons. The smallest absolute Gasteiger partial charge is 0.299 e. The lowest BCUT2D eigenvalue weighted by atomic mass is 9.79. The first-order valence-electron chi connectivity index (χ1n) is 14.6. The number of nitrogens with zero attached hydrogens (tertiary/aromatic N) is 3. The quantitative estimate of drug-likeness (QED) is 0.244. The summed E-state index contributed by atoms with van der Waals surface area (Å²) in [5, 5.41) is 5.65. The van der Waals surface area contributed by atoms with E-state index in [1.165, 1.54) is 16.2 Å². The van der Waals surface area contributed by atoms with Crippen LogP contribution in [0.3, 0.4) is 0 Å². The molecular formula is C34H32N4O5S. The first-order chi connectivity index (χ1) is 21.4. The first kappa shape index (κ1) is 29.3. The van der Waals surface area contributed by atoms with Crippen molar-refractivity contribution in [2.75, 3.05) is 23.9 Å². The average Bonchev–Trinajstić information content (AvgIpc) is 3.63. The SMILES string of the molecule is COc1ccc(NC(=O)C2(N(Cc3nc(-c4ccccc4)cs3)C(=O)CN3C(=O)C(=O)c4ccccc43)CCCCC2)cc1. The van der Waals surface area contributed by atoms with E-state index in [0.717, 1.165) is 30.5 Å². The van der Waals surface area contributed by atoms with E-state index in [-0.39, 0.29) is 24.6 Å². The minimum atomic E-state index is -1.18. The van der Waals surface area contributed by atoms with Gasteiger partial charge in [-0.15, -0.1) is 11.3 Å². The maximum atomic E-state index is 14.4. The number of para-hydroxylation sites is 1. The van der Waals surface area contributed by atoms with Gasteiger partial charge in [-0.2, -0.15) is 0 Å². The van der Waals surface area contributed by atoms with E-state index in [9.17, 15) is 19.2 Å². The minimum Gasteiger partial charge on any atom is -0.497 e. The Morgan fingerprint density at radius 3 is 2.39 bits per heavy atom. The number of fused-ring (bicyclic) bond motifs is 1. The molecule has 10 heteroatoms. The van der Waals surface area contributed by atoms with Crippen LogP contribution in [-0.2, 0) is 20.9 Å². The number of hydrogen-bond acceptors (Lipinski definition) is 7. The number of carbonyl (C=O) groups excluding carboxylic acids is 4. The van der Waals surface area contributed by atoms with E-state index >= 15 is 0 Å². The van der Waals surface area contributed by atoms with Gasteiger partial charge in [0.25, 0.3) is 11.7 Å². The lowest BCUT2D eigenvalue weighted by molar-refractivity contribution is -0.148. The number of ether oxygens (including phenoxy) is 1. The van der Waals surface area contributed by atoms with Crippen molar-refractivity contribution >= 4 is 46.2 Å². The Morgan fingerprint density at radius 1 is 0.955 bits per heavy atom. The summed E-state index contributed by atoms with van der Waals surface area (Å²) in [6.45, 7) is -0.278. The van der Waals surface area contributed by atoms with Gasteiger partial charge in [0.2, 0.25) is 11.8 Å². The number of rotatable bonds is 9. The average molecular weight is 609 g/mol. The van der Waals surface area contributed by atoms with Gasteiger partial charge in [0.05, 0.1) is 30.6 Å². The summed E-state index contributed by atoms with van der Waals surface area (Å²) in [4.78, 5) is 62.0. The number of anilines is 2. The van der Waals surface area contributed by atoms with Crippen molar-refractivity contribution in [3.8, 4) is 17.0 Å². The van der Waals surface area contributed by atoms with Gasteiger partial charge < -0.3 is 15.0 Å². The lowest BCUT2D eigenvalue weighted by Crippen LogP contribution is -2.61. The molecule has 3 aromatic carbocycles. The van der Waals surface area contributed by atoms with Crippen LogP contribution >= 0.6 is 11.3 Å². The van der Waals surface area contributed by atoms with Crippen LogP contribution in [0.5, 0.6) is 5.75 Å². The molecule has 0 saturated heterocycles. The minimum absolute atomic E-state index is 0.0873. The third-order valence-corrected chi connectivity index (χ3v) is 9.19. The van der Waals surface area contributed by atoms with Crippen molar-refractivity contribution < 1.29 is 23.9 Å². The number of benzene rings is 3. The fourth-order valence-corrected chi connectivity index (χ4v) is 6.83. The number of methoxy groups -OCH3 is 1. The van der Waals surface area contributed by atoms with Gasteiger partial charge in [-0.3, -0.25) is 24.1 Å². The standard InChI is InChI=1S/C34H32N4O5S/c1-43-25-16-14-24(15-17-25)35-33(42)34(18-8-3-9-19-34)38(20-29-36-27(22-44-29)23-10-4-2-5-11-23)30(39)21-37-28-13-7-6-12-26(28)31(40)32(37)41/h2,4-7,10-17,22H,3,8-9,18-21H2,1H3,(H,35,42). The molecule has 1 N–H and O–H groups in total. The molecule has 2 aliphatic rings. The topological polar surface area (TPSA) is 109 Å². The molecule has 1 aromatic heterocycles. The van der Waals surface area contributed by atoms with Crippen LogP contribution in [0.4, 0.5) is 11.4 Å². The van der Waals surface area contributed by atoms with E-state index in [1.807, 2.05) is 35.7 Å². The monoisotopic (exact) mass is 608 g/mol. The highest BCUT2D eigenvalue weighted by atomic mass is 32.1. The molecule has 2 heterocycles. The van der Waals surface area contributed by atoms with Crippen molar-refractivity contribution in [2.45, 2.75) is 44.2 Å². The summed E-state index contributed by atoms with van der Waals surface area (Å²) in [6, 6.07) is 23.5. The summed E-state index contributed by atoms with van der Waals surface area (Å²) >= 11 is 1.42. The molecule has 9 nitrogen and oxygen atoms in total. The Bertz CT molecular complexity index is 1700. The number of nitrogens with one attached hydrogen (secondary N) is 1. The van der Waals surface area contributed by atoms with Crippen LogP contribution < -0.4 is 15.0 Å². The first-order valence-corrected chi connectivity index (χ1v) is 15.5. The molecule has 44 heavy (non-hydrogen) atoms. The van der Waals surface area contributed by atoms with Crippen LogP contribution in [0.15, 0.2) is 84.2 Å². The number of aromatic nitrogens is 1. The summed E-state index contributed by atoms with van der Waals surface area (Å²) in [6.07, 6.45) is 3.39. The maximum absolute atomic E-state index is 14.4. The molecule has 1 fully saturated rings. The highest BCUT2D eigenvalue weighted by Gasteiger charge is 2.48. The van der Waals surface area contributed by atoms with Crippen molar-refractivity contribution in [1.29, 1.82) is 0 Å². The number of hydrogen-bond donors (Lipinski definition) is 1. The Labute approximate surface area is 259 Å². The summed E-state index contributed by atoms with van der Waals surface area (Å²) < 4.78 is 5.26. The Kier molecular flexibility index (Phi) is 8.25. The molecule has 3 amide bonds.